The van der Waals surface area contributed by atoms with E-state index >= 15 is 0 Å². The highest BCUT2D eigenvalue weighted by Crippen LogP contribution is 2.47. The number of fused-ring (bicyclic) bond motifs is 1. The number of rotatable bonds is 4. The van der Waals surface area contributed by atoms with Gasteiger partial charge in [0.25, 0.3) is 0 Å². The maximum Gasteiger partial charge on any atom is 0.162 e. The van der Waals surface area contributed by atoms with Crippen LogP contribution in [0.25, 0.3) is 0 Å². The van der Waals surface area contributed by atoms with Crippen LogP contribution in [0.4, 0.5) is 0 Å². The Balaban J connectivity index is 1.82. The van der Waals surface area contributed by atoms with Crippen LogP contribution in [0.2, 0.25) is 5.02 Å². The van der Waals surface area contributed by atoms with E-state index in [4.69, 9.17) is 37.4 Å². The van der Waals surface area contributed by atoms with Crippen LogP contribution < -0.4 is 9.47 Å². The fourth-order valence-corrected chi connectivity index (χ4v) is 3.74. The molecule has 5 heteroatoms. The number of ether oxygens (including phenoxy) is 3. The van der Waals surface area contributed by atoms with E-state index in [1.807, 2.05) is 12.1 Å². The molecular formula is C16H20Cl2O3. The minimum atomic E-state index is -0.185. The van der Waals surface area contributed by atoms with Crippen molar-refractivity contribution in [1.29, 1.82) is 0 Å². The van der Waals surface area contributed by atoms with E-state index < -0.39 is 0 Å². The van der Waals surface area contributed by atoms with Crippen molar-refractivity contribution >= 4 is 23.2 Å². The quantitative estimate of drug-likeness (QED) is 0.746. The molecule has 1 aromatic carbocycles. The molecule has 3 rings (SSSR count). The van der Waals surface area contributed by atoms with Crippen molar-refractivity contribution in [2.45, 2.75) is 43.1 Å². The highest BCUT2D eigenvalue weighted by molar-refractivity contribution is 6.33. The largest absolute Gasteiger partial charge is 0.490 e. The van der Waals surface area contributed by atoms with Gasteiger partial charge in [-0.05, 0) is 37.3 Å². The molecule has 1 saturated carbocycles. The number of alkyl halides is 1. The second kappa shape index (κ2) is 6.23. The molecule has 1 fully saturated rings. The first-order chi connectivity index (χ1) is 10.1. The number of halogens is 2. The van der Waals surface area contributed by atoms with Gasteiger partial charge in [-0.25, -0.2) is 0 Å². The lowest BCUT2D eigenvalue weighted by Crippen LogP contribution is -2.39. The lowest BCUT2D eigenvalue weighted by molar-refractivity contribution is -0.0780. The minimum absolute atomic E-state index is 0.0834. The topological polar surface area (TPSA) is 27.7 Å². The summed E-state index contributed by atoms with van der Waals surface area (Å²) in [5.41, 5.74) is 0.811. The van der Waals surface area contributed by atoms with Crippen molar-refractivity contribution in [3.63, 3.8) is 0 Å². The molecule has 1 aliphatic carbocycles. The molecule has 3 nitrogen and oxygen atoms in total. The number of benzene rings is 1. The first-order valence-corrected chi connectivity index (χ1v) is 8.23. The zero-order valence-electron chi connectivity index (χ0n) is 12.2. The van der Waals surface area contributed by atoms with Crippen LogP contribution in [0.15, 0.2) is 12.1 Å². The monoisotopic (exact) mass is 330 g/mol. The van der Waals surface area contributed by atoms with Gasteiger partial charge in [-0.3, -0.25) is 0 Å². The Labute approximate surface area is 135 Å². The molecule has 0 spiro atoms. The predicted molar refractivity (Wildman–Crippen MR) is 83.9 cm³/mol. The molecule has 1 unspecified atom stereocenters. The van der Waals surface area contributed by atoms with Crippen LogP contribution in [0.5, 0.6) is 11.5 Å². The van der Waals surface area contributed by atoms with Gasteiger partial charge in [-0.1, -0.05) is 11.6 Å². The van der Waals surface area contributed by atoms with E-state index in [-0.39, 0.29) is 11.0 Å². The Hall–Kier alpha value is -0.640. The van der Waals surface area contributed by atoms with E-state index in [0.29, 0.717) is 24.0 Å². The van der Waals surface area contributed by atoms with Crippen LogP contribution in [0.3, 0.4) is 0 Å². The summed E-state index contributed by atoms with van der Waals surface area (Å²) in [7, 11) is 1.76. The Morgan fingerprint density at radius 1 is 1.19 bits per heavy atom. The van der Waals surface area contributed by atoms with Gasteiger partial charge in [0.2, 0.25) is 0 Å². The van der Waals surface area contributed by atoms with E-state index in [0.717, 1.165) is 37.0 Å². The van der Waals surface area contributed by atoms with E-state index in [2.05, 4.69) is 0 Å². The van der Waals surface area contributed by atoms with Crippen molar-refractivity contribution in [1.82, 2.24) is 0 Å². The molecule has 1 aromatic rings. The predicted octanol–water partition coefficient (Wildman–Crippen LogP) is 4.74. The summed E-state index contributed by atoms with van der Waals surface area (Å²) >= 11 is 13.0. The standard InChI is InChI=1S/C16H20Cl2O3/c1-19-16(4-2-5-16)10-13(18)11-8-14-15(9-12(11)17)21-7-3-6-20-14/h8-9,13H,2-7,10H2,1H3. The maximum atomic E-state index is 6.61. The van der Waals surface area contributed by atoms with E-state index in [9.17, 15) is 0 Å². The van der Waals surface area contributed by atoms with Crippen LogP contribution in [-0.2, 0) is 4.74 Å². The molecule has 1 atom stereocenters. The van der Waals surface area contributed by atoms with Gasteiger partial charge >= 0.3 is 0 Å². The molecule has 21 heavy (non-hydrogen) atoms. The molecule has 0 radical (unpaired) electrons. The summed E-state index contributed by atoms with van der Waals surface area (Å²) in [5.74, 6) is 1.44. The SMILES string of the molecule is COC1(CC(Cl)c2cc3c(cc2Cl)OCCCO3)CCC1. The molecule has 0 amide bonds. The lowest BCUT2D eigenvalue weighted by atomic mass is 9.76. The average molecular weight is 331 g/mol. The first-order valence-electron chi connectivity index (χ1n) is 7.42. The first kappa shape index (κ1) is 15.3. The third-order valence-corrected chi connectivity index (χ3v) is 5.17. The van der Waals surface area contributed by atoms with Crippen molar-refractivity contribution < 1.29 is 14.2 Å². The van der Waals surface area contributed by atoms with Gasteiger partial charge in [0.15, 0.2) is 11.5 Å². The highest BCUT2D eigenvalue weighted by atomic mass is 35.5. The molecule has 1 aliphatic heterocycles. The normalized spacial score (nSPS) is 21.3. The van der Waals surface area contributed by atoms with Crippen molar-refractivity contribution in [3.8, 4) is 11.5 Å². The van der Waals surface area contributed by atoms with Crippen LogP contribution in [-0.4, -0.2) is 25.9 Å². The Bertz CT molecular complexity index is 509. The average Bonchev–Trinajstić information content (AvgIpc) is 2.66. The smallest absolute Gasteiger partial charge is 0.162 e. The summed E-state index contributed by atoms with van der Waals surface area (Å²) in [4.78, 5) is 0. The van der Waals surface area contributed by atoms with Gasteiger partial charge in [0.05, 0.1) is 24.2 Å². The van der Waals surface area contributed by atoms with Crippen LogP contribution in [0, 0.1) is 0 Å². The number of methoxy groups -OCH3 is 1. The van der Waals surface area contributed by atoms with E-state index in [1.54, 1.807) is 7.11 Å². The summed E-state index contributed by atoms with van der Waals surface area (Å²) in [5, 5.41) is 0.444. The maximum absolute atomic E-state index is 6.61. The molecule has 0 saturated heterocycles. The Kier molecular flexibility index (Phi) is 4.53. The molecule has 2 aliphatic rings. The fourth-order valence-electron chi connectivity index (χ4n) is 2.94. The van der Waals surface area contributed by atoms with Crippen molar-refractivity contribution in [2.75, 3.05) is 20.3 Å². The molecule has 1 heterocycles. The van der Waals surface area contributed by atoms with Crippen LogP contribution in [0.1, 0.15) is 43.0 Å². The van der Waals surface area contributed by atoms with Gasteiger partial charge in [-0.2, -0.15) is 0 Å². The summed E-state index contributed by atoms with van der Waals surface area (Å²) in [6.07, 6.45) is 4.97. The second-order valence-corrected chi connectivity index (χ2v) is 6.72. The van der Waals surface area contributed by atoms with E-state index in [1.165, 1.54) is 6.42 Å². The summed E-state index contributed by atoms with van der Waals surface area (Å²) in [6.45, 7) is 1.31. The molecule has 0 N–H and O–H groups in total. The third kappa shape index (κ3) is 3.10. The molecular weight excluding hydrogens is 311 g/mol. The molecule has 0 aromatic heterocycles. The van der Waals surface area contributed by atoms with Gasteiger partial charge in [-0.15, -0.1) is 11.6 Å². The minimum Gasteiger partial charge on any atom is -0.490 e. The third-order valence-electron chi connectivity index (χ3n) is 4.45. The second-order valence-electron chi connectivity index (χ2n) is 5.78. The number of hydrogen-bond acceptors (Lipinski definition) is 3. The zero-order chi connectivity index (χ0) is 14.9. The van der Waals surface area contributed by atoms with Crippen molar-refractivity contribution in [2.24, 2.45) is 0 Å². The zero-order valence-corrected chi connectivity index (χ0v) is 13.7. The Morgan fingerprint density at radius 3 is 2.43 bits per heavy atom. The lowest BCUT2D eigenvalue weighted by Gasteiger charge is -2.42. The van der Waals surface area contributed by atoms with Gasteiger partial charge < -0.3 is 14.2 Å². The highest BCUT2D eigenvalue weighted by Gasteiger charge is 2.39. The van der Waals surface area contributed by atoms with Gasteiger partial charge in [0.1, 0.15) is 0 Å². The fraction of sp³-hybridized carbons (Fsp3) is 0.625. The van der Waals surface area contributed by atoms with Crippen LogP contribution >= 0.6 is 23.2 Å². The number of hydrogen-bond donors (Lipinski definition) is 0. The van der Waals surface area contributed by atoms with Crippen molar-refractivity contribution in [3.05, 3.63) is 22.7 Å². The molecule has 0 bridgehead atoms. The summed E-state index contributed by atoms with van der Waals surface area (Å²) < 4.78 is 17.0. The summed E-state index contributed by atoms with van der Waals surface area (Å²) in [6, 6.07) is 3.73. The van der Waals surface area contributed by atoms with Gasteiger partial charge in [0, 0.05) is 24.6 Å². The molecule has 116 valence electrons. The Morgan fingerprint density at radius 2 is 1.86 bits per heavy atom.